The molecule has 0 aliphatic carbocycles. The minimum absolute atomic E-state index is 0.681. The van der Waals surface area contributed by atoms with E-state index in [-0.39, 0.29) is 0 Å². The topological polar surface area (TPSA) is 18.5 Å². The minimum atomic E-state index is -1.79. The highest BCUT2D eigenvalue weighted by atomic mass is 28.4. The Morgan fingerprint density at radius 2 is 0.500 bits per heavy atom. The van der Waals surface area contributed by atoms with Crippen molar-refractivity contribution in [3.8, 4) is 0 Å². The Balaban J connectivity index is 0. The molecule has 220 valence electrons. The fraction of sp³-hybridized carbons (Fsp3) is 1.00. The highest BCUT2D eigenvalue weighted by molar-refractivity contribution is 6.91. The average molecular weight is 577 g/mol. The zero-order valence-corrected chi connectivity index (χ0v) is 32.5. The third-order valence-electron chi connectivity index (χ3n) is 10.1. The van der Waals surface area contributed by atoms with Crippen LogP contribution in [0.15, 0.2) is 0 Å². The van der Waals surface area contributed by atoms with Crippen molar-refractivity contribution in [2.75, 3.05) is 0 Å². The van der Waals surface area contributed by atoms with E-state index < -0.39 is 33.3 Å². The zero-order valence-electron chi connectivity index (χ0n) is 28.5. The number of hydrogen-bond donors (Lipinski definition) is 0. The maximum Gasteiger partial charge on any atom is 0.187 e. The highest BCUT2D eigenvalue weighted by Crippen LogP contribution is 2.51. The summed E-state index contributed by atoms with van der Waals surface area (Å²) in [6.07, 6.45) is 0. The van der Waals surface area contributed by atoms with Gasteiger partial charge in [0.25, 0.3) is 0 Å². The van der Waals surface area contributed by atoms with Gasteiger partial charge in [-0.15, -0.1) is 0 Å². The molecule has 36 heavy (non-hydrogen) atoms. The Morgan fingerprint density at radius 1 is 0.333 bits per heavy atom. The van der Waals surface area contributed by atoms with Gasteiger partial charge in [-0.2, -0.15) is 0 Å². The van der Waals surface area contributed by atoms with Crippen LogP contribution in [0.3, 0.4) is 0 Å². The number of hydrogen-bond acceptors (Lipinski definition) is 2. The molecule has 0 unspecified atom stereocenters. The van der Waals surface area contributed by atoms with Gasteiger partial charge in [0.05, 0.1) is 0 Å². The van der Waals surface area contributed by atoms with E-state index in [9.17, 15) is 0 Å². The second-order valence-corrected chi connectivity index (χ2v) is 34.3. The summed E-state index contributed by atoms with van der Waals surface area (Å²) >= 11 is 0. The standard InChI is InChI=1S/C18H42OSi2.C12H30OSi2/c1-13(2)20(14(3)4,15(5)6)19-21(16(7)8,17(9)10)18(11)12;1-7-14(8-2,9-3)13-15(10-4,11-5)12-6/h13-18H,1-12H3;7-12H2,1-6H3. The molecule has 0 spiro atoms. The smallest absolute Gasteiger partial charge is 0.187 e. The van der Waals surface area contributed by atoms with Gasteiger partial charge >= 0.3 is 0 Å². The van der Waals surface area contributed by atoms with E-state index in [0.717, 1.165) is 0 Å². The first-order valence-corrected chi connectivity index (χ1v) is 25.2. The summed E-state index contributed by atoms with van der Waals surface area (Å²) < 4.78 is 14.3. The van der Waals surface area contributed by atoms with Gasteiger partial charge in [-0.05, 0) is 69.5 Å². The van der Waals surface area contributed by atoms with E-state index in [1.807, 2.05) is 0 Å². The summed E-state index contributed by atoms with van der Waals surface area (Å²) in [6.45, 7) is 42.9. The third kappa shape index (κ3) is 8.90. The van der Waals surface area contributed by atoms with Gasteiger partial charge < -0.3 is 8.23 Å². The summed E-state index contributed by atoms with van der Waals surface area (Å²) in [5.74, 6) is 0. The van der Waals surface area contributed by atoms with Crippen LogP contribution in [0, 0.1) is 0 Å². The molecule has 0 amide bonds. The molecule has 0 aliphatic heterocycles. The lowest BCUT2D eigenvalue weighted by Gasteiger charge is -2.54. The van der Waals surface area contributed by atoms with Crippen LogP contribution >= 0.6 is 0 Å². The van der Waals surface area contributed by atoms with Crippen molar-refractivity contribution in [1.29, 1.82) is 0 Å². The molecule has 0 heterocycles. The molecule has 0 bridgehead atoms. The lowest BCUT2D eigenvalue weighted by atomic mass is 10.5. The summed E-state index contributed by atoms with van der Waals surface area (Å²) in [5.41, 5.74) is 4.09. The first-order valence-electron chi connectivity index (χ1n) is 15.8. The van der Waals surface area contributed by atoms with Crippen LogP contribution in [0.1, 0.15) is 125 Å². The van der Waals surface area contributed by atoms with Crippen molar-refractivity contribution < 1.29 is 8.23 Å². The summed E-state index contributed by atoms with van der Waals surface area (Å²) in [6, 6.07) is 7.80. The van der Waals surface area contributed by atoms with Crippen molar-refractivity contribution in [1.82, 2.24) is 0 Å². The zero-order chi connectivity index (χ0) is 29.1. The Kier molecular flexibility index (Phi) is 18.2. The van der Waals surface area contributed by atoms with Crippen LogP contribution in [0.2, 0.25) is 69.5 Å². The largest absolute Gasteiger partial charge is 0.455 e. The fourth-order valence-corrected chi connectivity index (χ4v) is 33.7. The summed E-state index contributed by atoms with van der Waals surface area (Å²) in [5, 5.41) is 0. The second kappa shape index (κ2) is 16.8. The van der Waals surface area contributed by atoms with E-state index in [2.05, 4.69) is 125 Å². The van der Waals surface area contributed by atoms with Crippen LogP contribution in [-0.2, 0) is 8.23 Å². The lowest BCUT2D eigenvalue weighted by Crippen LogP contribution is -2.60. The fourth-order valence-electron chi connectivity index (χ4n) is 7.41. The maximum atomic E-state index is 7.47. The second-order valence-electron chi connectivity index (χ2n) is 13.3. The quantitative estimate of drug-likeness (QED) is 0.170. The van der Waals surface area contributed by atoms with Gasteiger partial charge in [0, 0.05) is 0 Å². The molecule has 0 aliphatic rings. The molecule has 0 fully saturated rings. The van der Waals surface area contributed by atoms with Crippen LogP contribution in [0.4, 0.5) is 0 Å². The number of rotatable bonds is 16. The Hall–Kier alpha value is 0.788. The van der Waals surface area contributed by atoms with Crippen molar-refractivity contribution in [3.05, 3.63) is 0 Å². The molecule has 0 saturated carbocycles. The Morgan fingerprint density at radius 3 is 0.611 bits per heavy atom. The molecule has 0 rings (SSSR count). The van der Waals surface area contributed by atoms with E-state index in [4.69, 9.17) is 8.23 Å². The van der Waals surface area contributed by atoms with Gasteiger partial charge in [-0.25, -0.2) is 0 Å². The predicted molar refractivity (Wildman–Crippen MR) is 179 cm³/mol. The summed E-state index contributed by atoms with van der Waals surface area (Å²) in [7, 11) is -6.29. The van der Waals surface area contributed by atoms with Crippen molar-refractivity contribution in [3.63, 3.8) is 0 Å². The van der Waals surface area contributed by atoms with Crippen LogP contribution in [0.25, 0.3) is 0 Å². The molecule has 0 radical (unpaired) electrons. The van der Waals surface area contributed by atoms with E-state index >= 15 is 0 Å². The molecule has 0 N–H and O–H groups in total. The van der Waals surface area contributed by atoms with Gasteiger partial charge in [-0.3, -0.25) is 0 Å². The molecule has 0 saturated heterocycles. The van der Waals surface area contributed by atoms with Gasteiger partial charge in [-0.1, -0.05) is 125 Å². The third-order valence-corrected chi connectivity index (χ3v) is 34.9. The monoisotopic (exact) mass is 576 g/mol. The molecule has 0 aromatic heterocycles. The molecule has 2 nitrogen and oxygen atoms in total. The SMILES string of the molecule is CC(C)[Si](O[Si](C(C)C)(C(C)C)C(C)C)(C(C)C)C(C)C.CC[Si](CC)(CC)O[Si](CC)(CC)CC. The Bertz CT molecular complexity index is 457. The van der Waals surface area contributed by atoms with Crippen molar-refractivity contribution >= 4 is 33.3 Å². The molecule has 0 aromatic rings. The highest BCUT2D eigenvalue weighted by Gasteiger charge is 2.55. The van der Waals surface area contributed by atoms with Gasteiger partial charge in [0.2, 0.25) is 0 Å². The van der Waals surface area contributed by atoms with E-state index in [1.54, 1.807) is 0 Å². The molecular weight excluding hydrogens is 505 g/mol. The molecular formula is C30H72O2Si4. The first kappa shape index (κ1) is 38.9. The maximum absolute atomic E-state index is 7.47. The lowest BCUT2D eigenvalue weighted by molar-refractivity contribution is 0.426. The average Bonchev–Trinajstić information content (AvgIpc) is 2.80. The minimum Gasteiger partial charge on any atom is -0.455 e. The normalized spacial score (nSPS) is 14.0. The van der Waals surface area contributed by atoms with E-state index in [0.29, 0.717) is 33.2 Å². The van der Waals surface area contributed by atoms with Gasteiger partial charge in [0.1, 0.15) is 0 Å². The van der Waals surface area contributed by atoms with Crippen LogP contribution < -0.4 is 0 Å². The van der Waals surface area contributed by atoms with Crippen LogP contribution in [0.5, 0.6) is 0 Å². The molecule has 6 heteroatoms. The Labute approximate surface area is 235 Å². The van der Waals surface area contributed by atoms with Crippen molar-refractivity contribution in [2.45, 2.75) is 194 Å². The van der Waals surface area contributed by atoms with E-state index in [1.165, 1.54) is 36.3 Å². The molecule has 0 aromatic carbocycles. The predicted octanol–water partition coefficient (Wildman–Crippen LogP) is 12.4. The van der Waals surface area contributed by atoms with Gasteiger partial charge in [0.15, 0.2) is 33.3 Å². The molecule has 0 atom stereocenters. The summed E-state index contributed by atoms with van der Waals surface area (Å²) in [4.78, 5) is 0. The van der Waals surface area contributed by atoms with Crippen molar-refractivity contribution in [2.24, 2.45) is 0 Å². The first-order chi connectivity index (χ1) is 16.4. The van der Waals surface area contributed by atoms with Crippen LogP contribution in [-0.4, -0.2) is 33.3 Å².